The van der Waals surface area contributed by atoms with Gasteiger partial charge in [0.1, 0.15) is 0 Å². The third kappa shape index (κ3) is 3.13. The Morgan fingerprint density at radius 3 is 2.33 bits per heavy atom. The average molecular weight is 209 g/mol. The van der Waals surface area contributed by atoms with Gasteiger partial charge in [0.05, 0.1) is 0 Å². The molecule has 1 atom stereocenters. The van der Waals surface area contributed by atoms with Crippen LogP contribution in [0.2, 0.25) is 0 Å². The molecule has 1 aromatic rings. The molecule has 0 aromatic heterocycles. The summed E-state index contributed by atoms with van der Waals surface area (Å²) in [6.07, 6.45) is 0.987. The average Bonchev–Trinajstić information content (AvgIpc) is 2.18. The first-order valence-electron chi connectivity index (χ1n) is 5.26. The Balaban J connectivity index is 2.87. The van der Waals surface area contributed by atoms with Crippen LogP contribution in [-0.4, -0.2) is 16.8 Å². The minimum Gasteiger partial charge on any atom is -0.504 e. The molecule has 1 rings (SSSR count). The van der Waals surface area contributed by atoms with E-state index in [0.717, 1.165) is 12.0 Å². The lowest BCUT2D eigenvalue weighted by molar-refractivity contribution is 0.401. The highest BCUT2D eigenvalue weighted by Gasteiger charge is 2.13. The summed E-state index contributed by atoms with van der Waals surface area (Å²) >= 11 is 0. The van der Waals surface area contributed by atoms with E-state index in [1.54, 1.807) is 6.07 Å². The van der Waals surface area contributed by atoms with Gasteiger partial charge in [0.15, 0.2) is 11.5 Å². The van der Waals surface area contributed by atoms with Gasteiger partial charge in [-0.3, -0.25) is 0 Å². The molecule has 0 bridgehead atoms. The molecule has 3 nitrogen and oxygen atoms in total. The highest BCUT2D eigenvalue weighted by Crippen LogP contribution is 2.30. The van der Waals surface area contributed by atoms with Crippen molar-refractivity contribution in [2.45, 2.75) is 26.2 Å². The molecule has 0 aliphatic carbocycles. The molecule has 0 aliphatic heterocycles. The zero-order chi connectivity index (χ0) is 11.4. The Morgan fingerprint density at radius 2 is 1.87 bits per heavy atom. The minimum absolute atomic E-state index is 0.0743. The van der Waals surface area contributed by atoms with Crippen molar-refractivity contribution in [2.24, 2.45) is 11.7 Å². The maximum absolute atomic E-state index is 9.39. The first kappa shape index (κ1) is 11.9. The molecule has 84 valence electrons. The Kier molecular flexibility index (Phi) is 3.97. The predicted molar refractivity (Wildman–Crippen MR) is 61.0 cm³/mol. The van der Waals surface area contributed by atoms with Crippen molar-refractivity contribution < 1.29 is 10.2 Å². The van der Waals surface area contributed by atoms with Crippen molar-refractivity contribution >= 4 is 0 Å². The van der Waals surface area contributed by atoms with Crippen LogP contribution < -0.4 is 5.73 Å². The Morgan fingerprint density at radius 1 is 1.20 bits per heavy atom. The van der Waals surface area contributed by atoms with Crippen LogP contribution in [-0.2, 0) is 0 Å². The second kappa shape index (κ2) is 5.03. The molecule has 4 N–H and O–H groups in total. The van der Waals surface area contributed by atoms with E-state index in [-0.39, 0.29) is 17.4 Å². The Labute approximate surface area is 90.5 Å². The zero-order valence-corrected chi connectivity index (χ0v) is 9.27. The van der Waals surface area contributed by atoms with Gasteiger partial charge in [0, 0.05) is 0 Å². The number of hydrogen-bond acceptors (Lipinski definition) is 3. The summed E-state index contributed by atoms with van der Waals surface area (Å²) in [7, 11) is 0. The first-order valence-corrected chi connectivity index (χ1v) is 5.26. The van der Waals surface area contributed by atoms with Gasteiger partial charge in [-0.25, -0.2) is 0 Å². The number of aromatic hydroxyl groups is 2. The third-order valence-electron chi connectivity index (χ3n) is 2.51. The van der Waals surface area contributed by atoms with Crippen molar-refractivity contribution in [2.75, 3.05) is 6.54 Å². The highest BCUT2D eigenvalue weighted by atomic mass is 16.3. The normalized spacial score (nSPS) is 13.1. The topological polar surface area (TPSA) is 66.5 Å². The number of phenols is 2. The van der Waals surface area contributed by atoms with Gasteiger partial charge in [-0.1, -0.05) is 19.9 Å². The van der Waals surface area contributed by atoms with Gasteiger partial charge < -0.3 is 15.9 Å². The Hall–Kier alpha value is -1.22. The molecule has 15 heavy (non-hydrogen) atoms. The molecule has 0 heterocycles. The molecule has 0 amide bonds. The number of benzene rings is 1. The molecule has 1 aromatic carbocycles. The number of hydrogen-bond donors (Lipinski definition) is 3. The van der Waals surface area contributed by atoms with E-state index in [2.05, 4.69) is 13.8 Å². The third-order valence-corrected chi connectivity index (χ3v) is 2.51. The summed E-state index contributed by atoms with van der Waals surface area (Å²) < 4.78 is 0. The second-order valence-corrected chi connectivity index (χ2v) is 4.31. The van der Waals surface area contributed by atoms with Crippen LogP contribution in [0, 0.1) is 5.92 Å². The minimum atomic E-state index is -0.0842. The van der Waals surface area contributed by atoms with Crippen molar-refractivity contribution in [1.29, 1.82) is 0 Å². The second-order valence-electron chi connectivity index (χ2n) is 4.31. The first-order chi connectivity index (χ1) is 7.04. The highest BCUT2D eigenvalue weighted by molar-refractivity contribution is 5.41. The fraction of sp³-hybridized carbons (Fsp3) is 0.500. The van der Waals surface area contributed by atoms with Gasteiger partial charge in [0.25, 0.3) is 0 Å². The maximum Gasteiger partial charge on any atom is 0.157 e. The fourth-order valence-corrected chi connectivity index (χ4v) is 1.73. The molecular formula is C12H19NO2. The Bertz CT molecular complexity index is 323. The van der Waals surface area contributed by atoms with Gasteiger partial charge in [0.2, 0.25) is 0 Å². The van der Waals surface area contributed by atoms with Crippen LogP contribution in [0.4, 0.5) is 0 Å². The van der Waals surface area contributed by atoms with Crippen molar-refractivity contribution in [3.8, 4) is 11.5 Å². The quantitative estimate of drug-likeness (QED) is 0.666. The lowest BCUT2D eigenvalue weighted by Gasteiger charge is -2.17. The van der Waals surface area contributed by atoms with Gasteiger partial charge in [-0.2, -0.15) is 0 Å². The van der Waals surface area contributed by atoms with Gasteiger partial charge >= 0.3 is 0 Å². The number of rotatable bonds is 4. The molecule has 1 unspecified atom stereocenters. The van der Waals surface area contributed by atoms with E-state index in [1.807, 2.05) is 6.07 Å². The summed E-state index contributed by atoms with van der Waals surface area (Å²) in [6, 6.07) is 4.91. The van der Waals surface area contributed by atoms with E-state index in [1.165, 1.54) is 6.07 Å². The maximum atomic E-state index is 9.39. The molecular weight excluding hydrogens is 190 g/mol. The summed E-state index contributed by atoms with van der Waals surface area (Å²) in [4.78, 5) is 0. The lowest BCUT2D eigenvalue weighted by Crippen LogP contribution is -2.14. The fourth-order valence-electron chi connectivity index (χ4n) is 1.73. The summed E-state index contributed by atoms with van der Waals surface area (Å²) in [5, 5.41) is 18.6. The van der Waals surface area contributed by atoms with Crippen molar-refractivity contribution in [3.05, 3.63) is 23.8 Å². The summed E-state index contributed by atoms with van der Waals surface area (Å²) in [5.74, 6) is 0.653. The lowest BCUT2D eigenvalue weighted by atomic mass is 9.90. The molecule has 0 aliphatic rings. The molecule has 0 fully saturated rings. The van der Waals surface area contributed by atoms with Crippen LogP contribution in [0.3, 0.4) is 0 Å². The molecule has 0 saturated carbocycles. The smallest absolute Gasteiger partial charge is 0.157 e. The van der Waals surface area contributed by atoms with E-state index < -0.39 is 0 Å². The van der Waals surface area contributed by atoms with Crippen LogP contribution in [0.15, 0.2) is 18.2 Å². The number of phenolic OH excluding ortho intramolecular Hbond substituents is 2. The van der Waals surface area contributed by atoms with Gasteiger partial charge in [-0.15, -0.1) is 0 Å². The van der Waals surface area contributed by atoms with Crippen molar-refractivity contribution in [1.82, 2.24) is 0 Å². The standard InChI is InChI=1S/C12H19NO2/c1-8(2)5-10(7-13)9-3-4-11(14)12(15)6-9/h3-4,6,8,10,14-15H,5,7,13H2,1-2H3. The van der Waals surface area contributed by atoms with Crippen molar-refractivity contribution in [3.63, 3.8) is 0 Å². The van der Waals surface area contributed by atoms with Crippen LogP contribution in [0.5, 0.6) is 11.5 Å². The molecule has 0 radical (unpaired) electrons. The number of nitrogens with two attached hydrogens (primary N) is 1. The predicted octanol–water partition coefficient (Wildman–Crippen LogP) is 2.19. The molecule has 3 heteroatoms. The van der Waals surface area contributed by atoms with E-state index in [0.29, 0.717) is 12.5 Å². The van der Waals surface area contributed by atoms with Crippen LogP contribution in [0.1, 0.15) is 31.7 Å². The van der Waals surface area contributed by atoms with Crippen LogP contribution in [0.25, 0.3) is 0 Å². The largest absolute Gasteiger partial charge is 0.504 e. The monoisotopic (exact) mass is 209 g/mol. The van der Waals surface area contributed by atoms with E-state index >= 15 is 0 Å². The van der Waals surface area contributed by atoms with E-state index in [9.17, 15) is 10.2 Å². The van der Waals surface area contributed by atoms with Gasteiger partial charge in [-0.05, 0) is 42.5 Å². The zero-order valence-electron chi connectivity index (χ0n) is 9.27. The summed E-state index contributed by atoms with van der Waals surface area (Å²) in [5.41, 5.74) is 6.68. The molecule has 0 spiro atoms. The van der Waals surface area contributed by atoms with Crippen LogP contribution >= 0.6 is 0 Å². The summed E-state index contributed by atoms with van der Waals surface area (Å²) in [6.45, 7) is 4.84. The van der Waals surface area contributed by atoms with E-state index in [4.69, 9.17) is 5.73 Å². The SMILES string of the molecule is CC(C)CC(CN)c1ccc(O)c(O)c1. The molecule has 0 saturated heterocycles.